The average molecular weight is 416 g/mol. The van der Waals surface area contributed by atoms with Crippen molar-refractivity contribution in [3.05, 3.63) is 35.0 Å². The van der Waals surface area contributed by atoms with Gasteiger partial charge in [-0.1, -0.05) is 54.4 Å². The van der Waals surface area contributed by atoms with E-state index < -0.39 is 10.1 Å². The van der Waals surface area contributed by atoms with Gasteiger partial charge in [0, 0.05) is 5.33 Å². The minimum atomic E-state index is -4.05. The van der Waals surface area contributed by atoms with Crippen molar-refractivity contribution < 1.29 is 17.6 Å². The molecule has 1 rings (SSSR count). The van der Waals surface area contributed by atoms with Gasteiger partial charge >= 0.3 is 10.1 Å². The van der Waals surface area contributed by atoms with Gasteiger partial charge in [-0.15, -0.1) is 0 Å². The van der Waals surface area contributed by atoms with Crippen molar-refractivity contribution >= 4 is 42.0 Å². The lowest BCUT2D eigenvalue weighted by atomic mass is 10.2. The number of alkyl halides is 2. The third kappa shape index (κ3) is 5.45. The maximum Gasteiger partial charge on any atom is 0.363 e. The summed E-state index contributed by atoms with van der Waals surface area (Å²) in [5, 5.41) is 14.8. The monoisotopic (exact) mass is 414 g/mol. The Kier molecular flexibility index (Phi) is 6.21. The third-order valence-corrected chi connectivity index (χ3v) is 5.43. The number of aryl methyl sites for hydroxylation is 1. The summed E-state index contributed by atoms with van der Waals surface area (Å²) in [5.41, 5.74) is 0.917. The maximum absolute atomic E-state index is 11.7. The molecule has 1 atom stereocenters. The summed E-state index contributed by atoms with van der Waals surface area (Å²) in [5.74, 6) is 0. The second-order valence-electron chi connectivity index (χ2n) is 3.71. The molecule has 0 heterocycles. The highest BCUT2D eigenvalue weighted by molar-refractivity contribution is 9.12. The Morgan fingerprint density at radius 2 is 2.00 bits per heavy atom. The molecule has 0 saturated heterocycles. The number of nitrogens with zero attached hydrogens (tertiary/aromatic N) is 2. The van der Waals surface area contributed by atoms with Crippen LogP contribution in [0.15, 0.2) is 34.4 Å². The van der Waals surface area contributed by atoms with Crippen molar-refractivity contribution in [2.24, 2.45) is 5.28 Å². The number of benzene rings is 1. The molecule has 0 aliphatic rings. The van der Waals surface area contributed by atoms with E-state index in [1.807, 2.05) is 6.92 Å². The van der Waals surface area contributed by atoms with Crippen molar-refractivity contribution in [2.45, 2.75) is 16.6 Å². The molecule has 1 aromatic rings. The van der Waals surface area contributed by atoms with Crippen molar-refractivity contribution in [1.29, 1.82) is 0 Å². The van der Waals surface area contributed by atoms with Gasteiger partial charge in [0.15, 0.2) is 6.54 Å². The summed E-state index contributed by atoms with van der Waals surface area (Å²) in [6, 6.07) is 6.04. The van der Waals surface area contributed by atoms with Gasteiger partial charge in [0.25, 0.3) is 0 Å². The molecule has 1 aromatic carbocycles. The lowest BCUT2D eigenvalue weighted by Gasteiger charge is -2.04. The molecule has 106 valence electrons. The van der Waals surface area contributed by atoms with E-state index in [-0.39, 0.29) is 21.1 Å². The number of hydroxylamine groups is 1. The van der Waals surface area contributed by atoms with Crippen LogP contribution in [-0.4, -0.2) is 30.0 Å². The SMILES string of the molecule is Cc1ccc(S(=O)(=O)O/N=[N+](\[O-])CC(Br)CBr)cc1. The van der Waals surface area contributed by atoms with Gasteiger partial charge in [-0.3, -0.25) is 0 Å². The summed E-state index contributed by atoms with van der Waals surface area (Å²) in [7, 11) is -4.05. The molecule has 0 saturated carbocycles. The van der Waals surface area contributed by atoms with Crippen molar-refractivity contribution in [1.82, 2.24) is 0 Å². The van der Waals surface area contributed by atoms with E-state index in [2.05, 4.69) is 41.4 Å². The second kappa shape index (κ2) is 7.20. The molecular weight excluding hydrogens is 404 g/mol. The van der Waals surface area contributed by atoms with Gasteiger partial charge in [-0.25, -0.2) is 4.28 Å². The highest BCUT2D eigenvalue weighted by atomic mass is 79.9. The average Bonchev–Trinajstić information content (AvgIpc) is 2.37. The second-order valence-corrected chi connectivity index (χ2v) is 7.18. The minimum Gasteiger partial charge on any atom is -0.597 e. The minimum absolute atomic E-state index is 0.0331. The lowest BCUT2D eigenvalue weighted by Crippen LogP contribution is -2.16. The molecule has 9 heteroatoms. The Balaban J connectivity index is 2.75. The standard InChI is InChI=1S/C10H12Br2N2O4S/c1-8-2-4-10(5-3-8)19(16,17)18-13-14(15)7-9(12)6-11/h2-5,9H,6-7H2,1H3/b14-13-. The van der Waals surface area contributed by atoms with Crippen LogP contribution < -0.4 is 0 Å². The van der Waals surface area contributed by atoms with E-state index in [9.17, 15) is 13.6 Å². The van der Waals surface area contributed by atoms with Crippen LogP contribution in [0, 0.1) is 12.1 Å². The molecule has 0 amide bonds. The normalized spacial score (nSPS) is 14.2. The van der Waals surface area contributed by atoms with Gasteiger partial charge in [0.1, 0.15) is 4.90 Å². The summed E-state index contributed by atoms with van der Waals surface area (Å²) >= 11 is 6.36. The Bertz CT molecular complexity index is 545. The largest absolute Gasteiger partial charge is 0.597 e. The maximum atomic E-state index is 11.7. The van der Waals surface area contributed by atoms with Gasteiger partial charge in [-0.05, 0) is 19.1 Å². The van der Waals surface area contributed by atoms with Gasteiger partial charge < -0.3 is 5.21 Å². The zero-order valence-electron chi connectivity index (χ0n) is 9.99. The van der Waals surface area contributed by atoms with Crippen LogP contribution in [0.3, 0.4) is 0 Å². The summed E-state index contributed by atoms with van der Waals surface area (Å²) in [4.78, 5) is -0.0302. The third-order valence-electron chi connectivity index (χ3n) is 2.05. The Labute approximate surface area is 128 Å². The van der Waals surface area contributed by atoms with Crippen LogP contribution in [0.1, 0.15) is 5.56 Å². The molecule has 0 N–H and O–H groups in total. The van der Waals surface area contributed by atoms with E-state index in [4.69, 9.17) is 0 Å². The topological polar surface area (TPSA) is 81.8 Å². The van der Waals surface area contributed by atoms with Crippen LogP contribution in [0.4, 0.5) is 0 Å². The Hall–Kier alpha value is -0.670. The van der Waals surface area contributed by atoms with E-state index in [1.165, 1.54) is 12.1 Å². The smallest absolute Gasteiger partial charge is 0.363 e. The fourth-order valence-corrected chi connectivity index (χ4v) is 2.25. The van der Waals surface area contributed by atoms with E-state index in [0.29, 0.717) is 5.33 Å². The summed E-state index contributed by atoms with van der Waals surface area (Å²) < 4.78 is 27.7. The fraction of sp³-hybridized carbons (Fsp3) is 0.400. The first-order valence-electron chi connectivity index (χ1n) is 5.21. The van der Waals surface area contributed by atoms with Gasteiger partial charge in [0.05, 0.1) is 4.83 Å². The van der Waals surface area contributed by atoms with Crippen molar-refractivity contribution in [2.75, 3.05) is 11.9 Å². The van der Waals surface area contributed by atoms with Crippen LogP contribution in [0.5, 0.6) is 0 Å². The fourth-order valence-electron chi connectivity index (χ4n) is 1.08. The first-order chi connectivity index (χ1) is 8.85. The molecule has 0 fully saturated rings. The number of hydrogen-bond acceptors (Lipinski definition) is 5. The van der Waals surface area contributed by atoms with Crippen LogP contribution in [-0.2, 0) is 14.4 Å². The Morgan fingerprint density at radius 3 is 2.53 bits per heavy atom. The molecular formula is C10H12Br2N2O4S. The quantitative estimate of drug-likeness (QED) is 0.309. The molecule has 0 radical (unpaired) electrons. The predicted molar refractivity (Wildman–Crippen MR) is 76.9 cm³/mol. The molecule has 0 aliphatic carbocycles. The molecule has 0 bridgehead atoms. The molecule has 19 heavy (non-hydrogen) atoms. The van der Waals surface area contributed by atoms with E-state index in [1.54, 1.807) is 12.1 Å². The number of rotatable bonds is 6. The highest BCUT2D eigenvalue weighted by Gasteiger charge is 2.18. The van der Waals surface area contributed by atoms with E-state index in [0.717, 1.165) is 5.56 Å². The molecule has 0 aromatic heterocycles. The lowest BCUT2D eigenvalue weighted by molar-refractivity contribution is -0.550. The zero-order chi connectivity index (χ0) is 14.5. The summed E-state index contributed by atoms with van der Waals surface area (Å²) in [6.07, 6.45) is 0. The number of hydrogen-bond donors (Lipinski definition) is 0. The predicted octanol–water partition coefficient (Wildman–Crippen LogP) is 2.74. The number of halogens is 2. The Morgan fingerprint density at radius 1 is 1.42 bits per heavy atom. The van der Waals surface area contributed by atoms with Gasteiger partial charge in [0.2, 0.25) is 5.28 Å². The molecule has 0 aliphatic heterocycles. The van der Waals surface area contributed by atoms with Crippen LogP contribution in [0.25, 0.3) is 0 Å². The van der Waals surface area contributed by atoms with Crippen molar-refractivity contribution in [3.8, 4) is 0 Å². The van der Waals surface area contributed by atoms with Crippen LogP contribution in [0.2, 0.25) is 0 Å². The summed E-state index contributed by atoms with van der Waals surface area (Å²) in [6.45, 7) is 1.80. The first kappa shape index (κ1) is 16.4. The highest BCUT2D eigenvalue weighted by Crippen LogP contribution is 2.13. The van der Waals surface area contributed by atoms with E-state index >= 15 is 0 Å². The van der Waals surface area contributed by atoms with Crippen LogP contribution >= 0.6 is 31.9 Å². The van der Waals surface area contributed by atoms with Crippen molar-refractivity contribution in [3.63, 3.8) is 0 Å². The van der Waals surface area contributed by atoms with Gasteiger partial charge in [-0.2, -0.15) is 8.42 Å². The molecule has 1 unspecified atom stereocenters. The molecule has 0 spiro atoms. The molecule has 6 nitrogen and oxygen atoms in total. The zero-order valence-corrected chi connectivity index (χ0v) is 14.0. The first-order valence-corrected chi connectivity index (χ1v) is 8.65.